The number of benzene rings is 1. The molecule has 3 aromatic rings. The fourth-order valence-corrected chi connectivity index (χ4v) is 2.15. The quantitative estimate of drug-likeness (QED) is 0.724. The van der Waals surface area contributed by atoms with Crippen LogP contribution >= 0.6 is 0 Å². The van der Waals surface area contributed by atoms with Gasteiger partial charge in [0.1, 0.15) is 5.69 Å². The molecule has 0 aliphatic heterocycles. The summed E-state index contributed by atoms with van der Waals surface area (Å²) in [6.45, 7) is 0. The minimum Gasteiger partial charge on any atom is -0.321 e. The Morgan fingerprint density at radius 3 is 2.80 bits per heavy atom. The molecule has 102 valence electrons. The highest BCUT2D eigenvalue weighted by Gasteiger charge is 2.11. The highest BCUT2D eigenvalue weighted by molar-refractivity contribution is 6.03. The van der Waals surface area contributed by atoms with Crippen molar-refractivity contribution in [3.05, 3.63) is 46.5 Å². The third-order valence-corrected chi connectivity index (χ3v) is 3.18. The molecule has 0 bridgehead atoms. The molecule has 2 aromatic heterocycles. The lowest BCUT2D eigenvalue weighted by Gasteiger charge is -2.05. The van der Waals surface area contributed by atoms with E-state index in [4.69, 9.17) is 0 Å². The van der Waals surface area contributed by atoms with Crippen LogP contribution in [0.2, 0.25) is 0 Å². The number of hydrogen-bond donors (Lipinski definition) is 2. The first-order valence-corrected chi connectivity index (χ1v) is 6.04. The Balaban J connectivity index is 1.96. The van der Waals surface area contributed by atoms with Gasteiger partial charge in [-0.25, -0.2) is 0 Å². The second kappa shape index (κ2) is 4.37. The van der Waals surface area contributed by atoms with E-state index in [1.807, 2.05) is 0 Å². The molecule has 2 heterocycles. The summed E-state index contributed by atoms with van der Waals surface area (Å²) < 4.78 is 3.13. The Bertz CT molecular complexity index is 855. The van der Waals surface area contributed by atoms with Gasteiger partial charge in [0.05, 0.1) is 10.9 Å². The number of H-pyrrole nitrogens is 1. The van der Waals surface area contributed by atoms with E-state index in [9.17, 15) is 9.59 Å². The zero-order valence-electron chi connectivity index (χ0n) is 11.0. The van der Waals surface area contributed by atoms with Crippen LogP contribution in [0.1, 0.15) is 10.5 Å². The van der Waals surface area contributed by atoms with Crippen LogP contribution in [0, 0.1) is 0 Å². The molecule has 0 fully saturated rings. The summed E-state index contributed by atoms with van der Waals surface area (Å²) in [5.41, 5.74) is 1.63. The molecule has 0 aliphatic rings. The number of nitrogens with zero attached hydrogens (tertiary/aromatic N) is 3. The average Bonchev–Trinajstić information content (AvgIpc) is 2.95. The van der Waals surface area contributed by atoms with Crippen LogP contribution in [0.4, 0.5) is 5.69 Å². The maximum atomic E-state index is 12.1. The van der Waals surface area contributed by atoms with Crippen molar-refractivity contribution in [3.8, 4) is 0 Å². The van der Waals surface area contributed by atoms with Gasteiger partial charge >= 0.3 is 0 Å². The molecule has 7 heteroatoms. The van der Waals surface area contributed by atoms with Crippen molar-refractivity contribution in [1.29, 1.82) is 0 Å². The molecule has 3 rings (SSSR count). The minimum absolute atomic E-state index is 0.181. The average molecular weight is 271 g/mol. The summed E-state index contributed by atoms with van der Waals surface area (Å²) >= 11 is 0. The maximum absolute atomic E-state index is 12.1. The van der Waals surface area contributed by atoms with E-state index in [0.717, 1.165) is 5.52 Å². The van der Waals surface area contributed by atoms with E-state index in [1.165, 1.54) is 4.68 Å². The highest BCUT2D eigenvalue weighted by Crippen LogP contribution is 2.16. The van der Waals surface area contributed by atoms with Gasteiger partial charge in [0.2, 0.25) is 0 Å². The number of carbonyl (C=O) groups excluding carboxylic acids is 1. The number of rotatable bonds is 2. The molecule has 0 radical (unpaired) electrons. The lowest BCUT2D eigenvalue weighted by molar-refractivity contribution is 0.101. The molecule has 20 heavy (non-hydrogen) atoms. The number of aryl methyl sites for hydroxylation is 2. The third-order valence-electron chi connectivity index (χ3n) is 3.18. The first-order valence-electron chi connectivity index (χ1n) is 6.04. The molecule has 0 saturated heterocycles. The Morgan fingerprint density at radius 2 is 2.10 bits per heavy atom. The van der Waals surface area contributed by atoms with Crippen LogP contribution in [-0.4, -0.2) is 25.5 Å². The van der Waals surface area contributed by atoms with Gasteiger partial charge in [0.25, 0.3) is 11.5 Å². The van der Waals surface area contributed by atoms with Gasteiger partial charge in [-0.15, -0.1) is 0 Å². The summed E-state index contributed by atoms with van der Waals surface area (Å²) in [4.78, 5) is 23.8. The molecular weight excluding hydrogens is 258 g/mol. The van der Waals surface area contributed by atoms with Crippen molar-refractivity contribution in [2.75, 3.05) is 5.32 Å². The lowest BCUT2D eigenvalue weighted by atomic mass is 10.2. The number of aromatic amines is 1. The summed E-state index contributed by atoms with van der Waals surface area (Å²) in [5.74, 6) is -0.267. The van der Waals surface area contributed by atoms with Crippen LogP contribution in [-0.2, 0) is 14.1 Å². The second-order valence-corrected chi connectivity index (χ2v) is 4.53. The Hall–Kier alpha value is -2.83. The van der Waals surface area contributed by atoms with Crippen LogP contribution in [0.5, 0.6) is 0 Å². The number of carbonyl (C=O) groups is 1. The van der Waals surface area contributed by atoms with Gasteiger partial charge < -0.3 is 5.32 Å². The standard InChI is InChI=1S/C13H13N5O2/c1-17-11(5-6-14-17)13(20)15-8-3-4-10-9(7-8)12(19)16-18(10)2/h3-7H,1-2H3,(H,15,20)(H,16,19). The van der Waals surface area contributed by atoms with Gasteiger partial charge in [-0.3, -0.25) is 24.1 Å². The first-order chi connectivity index (χ1) is 9.56. The van der Waals surface area contributed by atoms with E-state index in [1.54, 1.807) is 49.2 Å². The van der Waals surface area contributed by atoms with Gasteiger partial charge in [-0.2, -0.15) is 5.10 Å². The molecule has 1 amide bonds. The molecule has 0 atom stereocenters. The Labute approximate surface area is 113 Å². The monoisotopic (exact) mass is 271 g/mol. The van der Waals surface area contributed by atoms with Crippen molar-refractivity contribution in [2.45, 2.75) is 0 Å². The molecule has 0 spiro atoms. The number of fused-ring (bicyclic) bond motifs is 1. The minimum atomic E-state index is -0.267. The van der Waals surface area contributed by atoms with Crippen LogP contribution in [0.15, 0.2) is 35.3 Å². The van der Waals surface area contributed by atoms with E-state index in [2.05, 4.69) is 15.5 Å². The van der Waals surface area contributed by atoms with Gasteiger partial charge in [0.15, 0.2) is 0 Å². The first kappa shape index (κ1) is 12.2. The fraction of sp³-hybridized carbons (Fsp3) is 0.154. The van der Waals surface area contributed by atoms with Crippen LogP contribution < -0.4 is 10.9 Å². The van der Waals surface area contributed by atoms with Crippen molar-refractivity contribution in [3.63, 3.8) is 0 Å². The van der Waals surface area contributed by atoms with Crippen molar-refractivity contribution in [2.24, 2.45) is 14.1 Å². The normalized spacial score (nSPS) is 10.9. The summed E-state index contributed by atoms with van der Waals surface area (Å²) in [7, 11) is 3.46. The lowest BCUT2D eigenvalue weighted by Crippen LogP contribution is -2.16. The maximum Gasteiger partial charge on any atom is 0.273 e. The zero-order chi connectivity index (χ0) is 14.3. The molecule has 2 N–H and O–H groups in total. The number of aromatic nitrogens is 4. The highest BCUT2D eigenvalue weighted by atomic mass is 16.2. The largest absolute Gasteiger partial charge is 0.321 e. The van der Waals surface area contributed by atoms with E-state index >= 15 is 0 Å². The van der Waals surface area contributed by atoms with Crippen LogP contribution in [0.25, 0.3) is 10.9 Å². The summed E-state index contributed by atoms with van der Waals surface area (Å²) in [5, 5.41) is 9.90. The number of nitrogens with one attached hydrogen (secondary N) is 2. The summed E-state index contributed by atoms with van der Waals surface area (Å²) in [6.07, 6.45) is 1.56. The SMILES string of the molecule is Cn1nccc1C(=O)Nc1ccc2c(c1)c(=O)[nH]n2C. The predicted octanol–water partition coefficient (Wildman–Crippen LogP) is 0.852. The molecule has 0 aliphatic carbocycles. The van der Waals surface area contributed by atoms with Gasteiger partial charge in [-0.1, -0.05) is 0 Å². The van der Waals surface area contributed by atoms with Crippen molar-refractivity contribution >= 4 is 22.5 Å². The fourth-order valence-electron chi connectivity index (χ4n) is 2.15. The Morgan fingerprint density at radius 1 is 1.30 bits per heavy atom. The number of amides is 1. The molecule has 7 nitrogen and oxygen atoms in total. The van der Waals surface area contributed by atoms with E-state index < -0.39 is 0 Å². The summed E-state index contributed by atoms with van der Waals surface area (Å²) in [6, 6.07) is 6.82. The van der Waals surface area contributed by atoms with Crippen molar-refractivity contribution < 1.29 is 4.79 Å². The van der Waals surface area contributed by atoms with Gasteiger partial charge in [-0.05, 0) is 24.3 Å². The molecule has 1 aromatic carbocycles. The molecule has 0 saturated carbocycles. The molecular formula is C13H13N5O2. The predicted molar refractivity (Wildman–Crippen MR) is 74.7 cm³/mol. The van der Waals surface area contributed by atoms with E-state index in [-0.39, 0.29) is 11.5 Å². The Kier molecular flexibility index (Phi) is 2.67. The van der Waals surface area contributed by atoms with Crippen LogP contribution in [0.3, 0.4) is 0 Å². The zero-order valence-corrected chi connectivity index (χ0v) is 11.0. The smallest absolute Gasteiger partial charge is 0.273 e. The van der Waals surface area contributed by atoms with Gasteiger partial charge in [0, 0.05) is 26.0 Å². The third kappa shape index (κ3) is 1.89. The second-order valence-electron chi connectivity index (χ2n) is 4.53. The topological polar surface area (TPSA) is 84.7 Å². The number of hydrogen-bond acceptors (Lipinski definition) is 3. The number of anilines is 1. The molecule has 0 unspecified atom stereocenters. The van der Waals surface area contributed by atoms with Crippen molar-refractivity contribution in [1.82, 2.24) is 19.6 Å². The van der Waals surface area contributed by atoms with E-state index in [0.29, 0.717) is 16.8 Å².